The van der Waals surface area contributed by atoms with Gasteiger partial charge in [-0.2, -0.15) is 0 Å². The first-order chi connectivity index (χ1) is 13.3. The van der Waals surface area contributed by atoms with Gasteiger partial charge in [0.05, 0.1) is 6.10 Å². The average Bonchev–Trinajstić information content (AvgIpc) is 2.65. The zero-order valence-corrected chi connectivity index (χ0v) is 18.6. The summed E-state index contributed by atoms with van der Waals surface area (Å²) in [5.74, 6) is -1.11. The molecule has 0 radical (unpaired) electrons. The summed E-state index contributed by atoms with van der Waals surface area (Å²) in [6.07, 6.45) is 1.69. The average molecular weight is 407 g/mol. The largest absolute Gasteiger partial charge is 0.409 e. The van der Waals surface area contributed by atoms with Crippen molar-refractivity contribution < 1.29 is 13.2 Å². The number of hydrogen-bond donors (Lipinski definition) is 1. The first-order valence-corrected chi connectivity index (χ1v) is 12.6. The van der Waals surface area contributed by atoms with Crippen molar-refractivity contribution in [3.8, 4) is 0 Å². The van der Waals surface area contributed by atoms with Crippen LogP contribution in [0.2, 0.25) is 18.1 Å². The van der Waals surface area contributed by atoms with E-state index in [1.54, 1.807) is 0 Å². The van der Waals surface area contributed by atoms with Crippen molar-refractivity contribution in [2.24, 2.45) is 0 Å². The smallest absolute Gasteiger partial charge is 0.192 e. The van der Waals surface area contributed by atoms with Crippen LogP contribution in [-0.2, 0) is 11.0 Å². The molecule has 1 heterocycles. The maximum atomic E-state index is 13.4. The van der Waals surface area contributed by atoms with E-state index in [-0.39, 0.29) is 6.10 Å². The topological polar surface area (TPSA) is 34.1 Å². The van der Waals surface area contributed by atoms with E-state index < -0.39 is 20.0 Å². The Hall–Kier alpha value is -1.63. The summed E-state index contributed by atoms with van der Waals surface area (Å²) >= 11 is 0. The van der Waals surface area contributed by atoms with Crippen LogP contribution in [0.5, 0.6) is 0 Å². The molecule has 154 valence electrons. The van der Waals surface area contributed by atoms with Crippen LogP contribution in [0.15, 0.2) is 30.5 Å². The molecular formula is C22H32F2N2OSi. The van der Waals surface area contributed by atoms with Gasteiger partial charge in [0.15, 0.2) is 8.32 Å². The van der Waals surface area contributed by atoms with E-state index in [0.717, 1.165) is 41.0 Å². The van der Waals surface area contributed by atoms with E-state index in [4.69, 9.17) is 4.43 Å². The minimum absolute atomic E-state index is 0.126. The number of benzene rings is 1. The number of rotatable bonds is 10. The predicted molar refractivity (Wildman–Crippen MR) is 113 cm³/mol. The Morgan fingerprint density at radius 3 is 2.18 bits per heavy atom. The minimum Gasteiger partial charge on any atom is -0.409 e. The molecule has 1 N–H and O–H groups in total. The zero-order valence-electron chi connectivity index (χ0n) is 17.6. The molecule has 1 atom stereocenters. The number of halogens is 2. The van der Waals surface area contributed by atoms with Gasteiger partial charge in [-0.05, 0) is 61.3 Å². The fraction of sp³-hybridized carbons (Fsp3) is 0.500. The Labute approximate surface area is 168 Å². The van der Waals surface area contributed by atoms with Crippen LogP contribution in [0.3, 0.4) is 0 Å². The second-order valence-electron chi connectivity index (χ2n) is 7.39. The Morgan fingerprint density at radius 2 is 1.64 bits per heavy atom. The molecule has 0 amide bonds. The van der Waals surface area contributed by atoms with Crippen LogP contribution in [-0.4, -0.2) is 19.8 Å². The lowest BCUT2D eigenvalue weighted by Gasteiger charge is -2.34. The van der Waals surface area contributed by atoms with Crippen LogP contribution < -0.4 is 5.32 Å². The van der Waals surface area contributed by atoms with Gasteiger partial charge in [0.1, 0.15) is 11.6 Å². The summed E-state index contributed by atoms with van der Waals surface area (Å²) in [6.45, 7) is 11.7. The van der Waals surface area contributed by atoms with Gasteiger partial charge in [-0.3, -0.25) is 4.98 Å². The molecule has 0 saturated heterocycles. The van der Waals surface area contributed by atoms with Crippen molar-refractivity contribution in [2.75, 3.05) is 6.54 Å². The van der Waals surface area contributed by atoms with Crippen molar-refractivity contribution >= 4 is 8.32 Å². The van der Waals surface area contributed by atoms with E-state index in [9.17, 15) is 8.78 Å². The number of aryl methyl sites for hydroxylation is 2. The van der Waals surface area contributed by atoms with Crippen molar-refractivity contribution in [3.63, 3.8) is 0 Å². The second-order valence-corrected chi connectivity index (χ2v) is 12.1. The molecule has 0 bridgehead atoms. The highest BCUT2D eigenvalue weighted by Gasteiger charge is 2.33. The summed E-state index contributed by atoms with van der Waals surface area (Å²) in [5, 5.41) is 3.34. The number of hydrogen-bond acceptors (Lipinski definition) is 3. The van der Waals surface area contributed by atoms with Crippen LogP contribution in [0, 0.1) is 25.5 Å². The molecule has 2 aromatic rings. The van der Waals surface area contributed by atoms with Crippen LogP contribution in [0.1, 0.15) is 49.3 Å². The Kier molecular flexibility index (Phi) is 8.28. The lowest BCUT2D eigenvalue weighted by atomic mass is 10.0. The summed E-state index contributed by atoms with van der Waals surface area (Å²) < 4.78 is 33.7. The van der Waals surface area contributed by atoms with E-state index in [1.807, 2.05) is 19.2 Å². The molecule has 28 heavy (non-hydrogen) atoms. The zero-order chi connectivity index (χ0) is 20.7. The molecule has 0 aliphatic rings. The molecule has 0 spiro atoms. The Bertz CT molecular complexity index is 732. The van der Waals surface area contributed by atoms with Gasteiger partial charge in [-0.15, -0.1) is 0 Å². The molecule has 1 aromatic heterocycles. The van der Waals surface area contributed by atoms with E-state index in [1.165, 1.54) is 12.1 Å². The Morgan fingerprint density at radius 1 is 1.04 bits per heavy atom. The first kappa shape index (κ1) is 22.7. The minimum atomic E-state index is -1.84. The van der Waals surface area contributed by atoms with Crippen LogP contribution in [0.4, 0.5) is 8.78 Å². The Balaban J connectivity index is 2.23. The summed E-state index contributed by atoms with van der Waals surface area (Å²) in [7, 11) is -1.84. The van der Waals surface area contributed by atoms with Crippen molar-refractivity contribution in [1.29, 1.82) is 0 Å². The molecule has 3 nitrogen and oxygen atoms in total. The van der Waals surface area contributed by atoms with Crippen LogP contribution in [0.25, 0.3) is 0 Å². The van der Waals surface area contributed by atoms with Gasteiger partial charge in [0.2, 0.25) is 0 Å². The maximum absolute atomic E-state index is 13.4. The number of aromatic nitrogens is 1. The molecular weight excluding hydrogens is 374 g/mol. The highest BCUT2D eigenvalue weighted by Crippen LogP contribution is 2.32. The maximum Gasteiger partial charge on any atom is 0.192 e. The summed E-state index contributed by atoms with van der Waals surface area (Å²) in [4.78, 5) is 4.47. The van der Waals surface area contributed by atoms with Crippen molar-refractivity contribution in [1.82, 2.24) is 10.3 Å². The molecule has 1 aromatic carbocycles. The van der Waals surface area contributed by atoms with Crippen molar-refractivity contribution in [3.05, 3.63) is 64.5 Å². The highest BCUT2D eigenvalue weighted by molar-refractivity contribution is 6.73. The van der Waals surface area contributed by atoms with Gasteiger partial charge in [0, 0.05) is 36.6 Å². The molecule has 0 saturated carbocycles. The van der Waals surface area contributed by atoms with E-state index in [0.29, 0.717) is 18.7 Å². The molecule has 0 aliphatic heterocycles. The fourth-order valence-electron chi connectivity index (χ4n) is 3.76. The lowest BCUT2D eigenvalue weighted by molar-refractivity contribution is 0.184. The molecule has 0 aliphatic carbocycles. The van der Waals surface area contributed by atoms with Gasteiger partial charge in [-0.25, -0.2) is 8.78 Å². The summed E-state index contributed by atoms with van der Waals surface area (Å²) in [6, 6.07) is 8.79. The fourth-order valence-corrected chi connectivity index (χ4v) is 6.56. The normalized spacial score (nSPS) is 13.0. The predicted octanol–water partition coefficient (Wildman–Crippen LogP) is 5.83. The number of nitrogens with zero attached hydrogens (tertiary/aromatic N) is 1. The third kappa shape index (κ3) is 5.69. The highest BCUT2D eigenvalue weighted by atomic mass is 28.4. The van der Waals surface area contributed by atoms with Gasteiger partial charge >= 0.3 is 0 Å². The third-order valence-corrected chi connectivity index (χ3v) is 10.3. The molecule has 1 unspecified atom stereocenters. The van der Waals surface area contributed by atoms with Crippen molar-refractivity contribution in [2.45, 2.75) is 65.4 Å². The SMILES string of the molecule is CC[Si](CC)(CC)OC(CNCc1cc(F)cc(F)c1)c1c(C)ccnc1C. The summed E-state index contributed by atoms with van der Waals surface area (Å²) in [5.41, 5.74) is 3.82. The van der Waals surface area contributed by atoms with E-state index in [2.05, 4.69) is 38.0 Å². The molecule has 0 fully saturated rings. The van der Waals surface area contributed by atoms with Crippen LogP contribution >= 0.6 is 0 Å². The standard InChI is InChI=1S/C22H32F2N2OSi/c1-6-28(7-2,8-3)27-21(22-16(4)9-10-26-17(22)5)15-25-14-18-11-19(23)13-20(24)12-18/h9-13,21,25H,6-8,14-15H2,1-5H3. The van der Waals surface area contributed by atoms with Gasteiger partial charge in [-0.1, -0.05) is 20.8 Å². The molecule has 2 rings (SSSR count). The second kappa shape index (κ2) is 10.2. The molecule has 6 heteroatoms. The lowest BCUT2D eigenvalue weighted by Crippen LogP contribution is -2.40. The van der Waals surface area contributed by atoms with Gasteiger partial charge < -0.3 is 9.74 Å². The van der Waals surface area contributed by atoms with E-state index >= 15 is 0 Å². The quantitative estimate of drug-likeness (QED) is 0.504. The van der Waals surface area contributed by atoms with Gasteiger partial charge in [0.25, 0.3) is 0 Å². The third-order valence-electron chi connectivity index (χ3n) is 5.64. The first-order valence-electron chi connectivity index (χ1n) is 10.1. The number of nitrogens with one attached hydrogen (secondary N) is 1. The monoisotopic (exact) mass is 406 g/mol. The number of pyridine rings is 1.